The van der Waals surface area contributed by atoms with Gasteiger partial charge >= 0.3 is 0 Å². The monoisotopic (exact) mass is 289 g/mol. The van der Waals surface area contributed by atoms with Gasteiger partial charge in [0.2, 0.25) is 0 Å². The van der Waals surface area contributed by atoms with Crippen LogP contribution in [0.2, 0.25) is 0 Å². The van der Waals surface area contributed by atoms with Crippen molar-refractivity contribution in [3.63, 3.8) is 0 Å². The van der Waals surface area contributed by atoms with Gasteiger partial charge in [-0.05, 0) is 62.1 Å². The molecule has 0 atom stereocenters. The summed E-state index contributed by atoms with van der Waals surface area (Å²) in [4.78, 5) is 0. The molecule has 1 heterocycles. The van der Waals surface area contributed by atoms with Crippen molar-refractivity contribution >= 4 is 0 Å². The van der Waals surface area contributed by atoms with Gasteiger partial charge in [0.15, 0.2) is 0 Å². The SMILES string of the molecule is CCc1ccc(-c2cc(C)c(C)n2-c2ccc(C)cc2)cc1. The summed E-state index contributed by atoms with van der Waals surface area (Å²) < 4.78 is 2.36. The van der Waals surface area contributed by atoms with E-state index in [1.54, 1.807) is 0 Å². The van der Waals surface area contributed by atoms with E-state index in [1.807, 2.05) is 0 Å². The number of aromatic nitrogens is 1. The first-order valence-corrected chi connectivity index (χ1v) is 7.95. The van der Waals surface area contributed by atoms with Gasteiger partial charge in [-0.25, -0.2) is 0 Å². The van der Waals surface area contributed by atoms with E-state index in [9.17, 15) is 0 Å². The number of hydrogen-bond donors (Lipinski definition) is 0. The lowest BCUT2D eigenvalue weighted by Crippen LogP contribution is -1.99. The summed E-state index contributed by atoms with van der Waals surface area (Å²) in [5.41, 5.74) is 9.07. The summed E-state index contributed by atoms with van der Waals surface area (Å²) in [5, 5.41) is 0. The average molecular weight is 289 g/mol. The van der Waals surface area contributed by atoms with E-state index in [0.29, 0.717) is 0 Å². The minimum atomic E-state index is 1.08. The maximum absolute atomic E-state index is 2.36. The molecule has 0 N–H and O–H groups in total. The minimum absolute atomic E-state index is 1.08. The van der Waals surface area contributed by atoms with Crippen molar-refractivity contribution in [2.75, 3.05) is 0 Å². The van der Waals surface area contributed by atoms with Crippen LogP contribution in [0.15, 0.2) is 54.6 Å². The average Bonchev–Trinajstić information content (AvgIpc) is 2.84. The largest absolute Gasteiger partial charge is 0.314 e. The lowest BCUT2D eigenvalue weighted by atomic mass is 10.1. The molecule has 0 amide bonds. The zero-order chi connectivity index (χ0) is 15.7. The minimum Gasteiger partial charge on any atom is -0.314 e. The predicted molar refractivity (Wildman–Crippen MR) is 94.8 cm³/mol. The molecule has 3 rings (SSSR count). The summed E-state index contributed by atoms with van der Waals surface area (Å²) in [6.45, 7) is 8.70. The van der Waals surface area contributed by atoms with Crippen molar-refractivity contribution in [3.05, 3.63) is 77.0 Å². The second-order valence-corrected chi connectivity index (χ2v) is 6.02. The molecule has 0 spiro atoms. The molecule has 0 saturated heterocycles. The summed E-state index contributed by atoms with van der Waals surface area (Å²) in [6.07, 6.45) is 1.08. The number of hydrogen-bond acceptors (Lipinski definition) is 0. The van der Waals surface area contributed by atoms with E-state index >= 15 is 0 Å². The highest BCUT2D eigenvalue weighted by Gasteiger charge is 2.12. The van der Waals surface area contributed by atoms with Gasteiger partial charge < -0.3 is 4.57 Å². The molecule has 0 fully saturated rings. The van der Waals surface area contributed by atoms with Crippen LogP contribution in [0.5, 0.6) is 0 Å². The third kappa shape index (κ3) is 2.59. The summed E-state index contributed by atoms with van der Waals surface area (Å²) in [6, 6.07) is 20.0. The molecule has 0 aliphatic carbocycles. The third-order valence-electron chi connectivity index (χ3n) is 4.45. The molecular formula is C21H23N. The van der Waals surface area contributed by atoms with Gasteiger partial charge in [0.25, 0.3) is 0 Å². The molecule has 3 aromatic rings. The standard InChI is InChI=1S/C21H23N/c1-5-18-8-10-19(11-9-18)21-14-16(3)17(4)22(21)20-12-6-15(2)7-13-20/h6-14H,5H2,1-4H3. The fourth-order valence-corrected chi connectivity index (χ4v) is 2.88. The molecule has 0 radical (unpaired) electrons. The van der Waals surface area contributed by atoms with E-state index in [0.717, 1.165) is 6.42 Å². The summed E-state index contributed by atoms with van der Waals surface area (Å²) in [5.74, 6) is 0. The van der Waals surface area contributed by atoms with E-state index in [-0.39, 0.29) is 0 Å². The number of rotatable bonds is 3. The fourth-order valence-electron chi connectivity index (χ4n) is 2.88. The zero-order valence-corrected chi connectivity index (χ0v) is 13.9. The van der Waals surface area contributed by atoms with Crippen LogP contribution in [0, 0.1) is 20.8 Å². The van der Waals surface area contributed by atoms with Crippen LogP contribution in [-0.2, 0) is 6.42 Å². The summed E-state index contributed by atoms with van der Waals surface area (Å²) >= 11 is 0. The smallest absolute Gasteiger partial charge is 0.0534 e. The van der Waals surface area contributed by atoms with Crippen LogP contribution in [0.25, 0.3) is 16.9 Å². The maximum atomic E-state index is 2.36. The molecule has 1 heteroatoms. The molecule has 2 aromatic carbocycles. The predicted octanol–water partition coefficient (Wildman–Crippen LogP) is 5.63. The maximum Gasteiger partial charge on any atom is 0.0534 e. The van der Waals surface area contributed by atoms with E-state index in [2.05, 4.69) is 86.9 Å². The molecule has 0 aliphatic heterocycles. The van der Waals surface area contributed by atoms with E-state index < -0.39 is 0 Å². The molecule has 0 unspecified atom stereocenters. The molecule has 112 valence electrons. The Morgan fingerprint density at radius 3 is 2.05 bits per heavy atom. The molecule has 1 aromatic heterocycles. The number of nitrogens with zero attached hydrogens (tertiary/aromatic N) is 1. The van der Waals surface area contributed by atoms with Gasteiger partial charge in [0, 0.05) is 11.4 Å². The highest BCUT2D eigenvalue weighted by atomic mass is 15.0. The van der Waals surface area contributed by atoms with Gasteiger partial charge in [-0.1, -0.05) is 48.9 Å². The van der Waals surface area contributed by atoms with E-state index in [4.69, 9.17) is 0 Å². The Balaban J connectivity index is 2.15. The number of aryl methyl sites for hydroxylation is 3. The Bertz CT molecular complexity index is 774. The lowest BCUT2D eigenvalue weighted by molar-refractivity contribution is 1.01. The first kappa shape index (κ1) is 14.6. The second kappa shape index (κ2) is 5.84. The van der Waals surface area contributed by atoms with Gasteiger partial charge in [0.1, 0.15) is 0 Å². The Hall–Kier alpha value is -2.28. The topological polar surface area (TPSA) is 4.93 Å². The highest BCUT2D eigenvalue weighted by Crippen LogP contribution is 2.29. The molecular weight excluding hydrogens is 266 g/mol. The van der Waals surface area contributed by atoms with Crippen molar-refractivity contribution in [1.82, 2.24) is 4.57 Å². The Morgan fingerprint density at radius 1 is 0.818 bits per heavy atom. The van der Waals surface area contributed by atoms with Gasteiger partial charge in [-0.2, -0.15) is 0 Å². The molecule has 0 saturated carbocycles. The normalized spacial score (nSPS) is 10.9. The van der Waals surface area contributed by atoms with Crippen LogP contribution in [0.1, 0.15) is 29.3 Å². The molecule has 1 nitrogen and oxygen atoms in total. The van der Waals surface area contributed by atoms with Gasteiger partial charge in [0.05, 0.1) is 5.69 Å². The van der Waals surface area contributed by atoms with Crippen molar-refractivity contribution < 1.29 is 0 Å². The fraction of sp³-hybridized carbons (Fsp3) is 0.238. The van der Waals surface area contributed by atoms with Gasteiger partial charge in [-0.3, -0.25) is 0 Å². The molecule has 0 bridgehead atoms. The van der Waals surface area contributed by atoms with Crippen LogP contribution in [-0.4, -0.2) is 4.57 Å². The van der Waals surface area contributed by atoms with Crippen molar-refractivity contribution in [3.8, 4) is 16.9 Å². The quantitative estimate of drug-likeness (QED) is 0.588. The highest BCUT2D eigenvalue weighted by molar-refractivity contribution is 5.66. The van der Waals surface area contributed by atoms with Crippen LogP contribution in [0.4, 0.5) is 0 Å². The van der Waals surface area contributed by atoms with Crippen molar-refractivity contribution in [2.45, 2.75) is 34.1 Å². The summed E-state index contributed by atoms with van der Waals surface area (Å²) in [7, 11) is 0. The second-order valence-electron chi connectivity index (χ2n) is 6.02. The lowest BCUT2D eigenvalue weighted by Gasteiger charge is -2.13. The van der Waals surface area contributed by atoms with Crippen LogP contribution >= 0.6 is 0 Å². The van der Waals surface area contributed by atoms with Crippen molar-refractivity contribution in [2.24, 2.45) is 0 Å². The molecule has 22 heavy (non-hydrogen) atoms. The Labute approximate surface area is 133 Å². The zero-order valence-electron chi connectivity index (χ0n) is 13.9. The third-order valence-corrected chi connectivity index (χ3v) is 4.45. The van der Waals surface area contributed by atoms with Crippen molar-refractivity contribution in [1.29, 1.82) is 0 Å². The first-order valence-electron chi connectivity index (χ1n) is 7.95. The molecule has 0 aliphatic rings. The first-order chi connectivity index (χ1) is 10.6. The van der Waals surface area contributed by atoms with Crippen LogP contribution < -0.4 is 0 Å². The van der Waals surface area contributed by atoms with Crippen LogP contribution in [0.3, 0.4) is 0 Å². The number of benzene rings is 2. The Morgan fingerprint density at radius 2 is 1.45 bits per heavy atom. The Kier molecular flexibility index (Phi) is 3.89. The van der Waals surface area contributed by atoms with Gasteiger partial charge in [-0.15, -0.1) is 0 Å². The van der Waals surface area contributed by atoms with E-state index in [1.165, 1.54) is 39.3 Å².